The zero-order chi connectivity index (χ0) is 17.1. The second kappa shape index (κ2) is 6.66. The minimum absolute atomic E-state index is 0.0473. The summed E-state index contributed by atoms with van der Waals surface area (Å²) in [6, 6.07) is 8.44. The number of benzene rings is 1. The molecule has 0 saturated carbocycles. The van der Waals surface area contributed by atoms with Crippen LogP contribution in [0.3, 0.4) is 0 Å². The van der Waals surface area contributed by atoms with Crippen molar-refractivity contribution in [1.29, 1.82) is 0 Å². The molecule has 7 heteroatoms. The molecule has 3 aromatic rings. The summed E-state index contributed by atoms with van der Waals surface area (Å²) in [5, 5.41) is 19.4. The Hall–Kier alpha value is -2.96. The van der Waals surface area contributed by atoms with Gasteiger partial charge in [-0.15, -0.1) is 0 Å². The molecule has 0 radical (unpaired) electrons. The van der Waals surface area contributed by atoms with E-state index in [0.29, 0.717) is 28.3 Å². The monoisotopic (exact) mass is 325 g/mol. The molecule has 124 valence electrons. The molecule has 0 amide bonds. The number of nitro groups is 1. The molecule has 2 heterocycles. The largest absolute Gasteiger partial charge is 0.337 e. The first-order valence-electron chi connectivity index (χ1n) is 7.87. The van der Waals surface area contributed by atoms with Crippen LogP contribution in [-0.2, 0) is 6.54 Å². The maximum Gasteiger partial charge on any atom is 0.278 e. The van der Waals surface area contributed by atoms with Crippen molar-refractivity contribution in [2.75, 3.05) is 5.32 Å². The van der Waals surface area contributed by atoms with Gasteiger partial charge in [-0.2, -0.15) is 5.10 Å². The SMILES string of the molecule is CC(C)CCn1ccc(Nc2ccc([N+](=O)[O-])c3cccnc23)n1. The maximum atomic E-state index is 11.2. The first-order chi connectivity index (χ1) is 11.5. The van der Waals surface area contributed by atoms with Crippen molar-refractivity contribution in [2.24, 2.45) is 5.92 Å². The van der Waals surface area contributed by atoms with Gasteiger partial charge in [-0.1, -0.05) is 13.8 Å². The summed E-state index contributed by atoms with van der Waals surface area (Å²) < 4.78 is 1.89. The van der Waals surface area contributed by atoms with E-state index >= 15 is 0 Å². The zero-order valence-corrected chi connectivity index (χ0v) is 13.6. The number of pyridine rings is 1. The van der Waals surface area contributed by atoms with E-state index in [-0.39, 0.29) is 5.69 Å². The third-order valence-corrected chi connectivity index (χ3v) is 3.78. The number of aryl methyl sites for hydroxylation is 1. The summed E-state index contributed by atoms with van der Waals surface area (Å²) in [6.07, 6.45) is 4.60. The van der Waals surface area contributed by atoms with E-state index < -0.39 is 4.92 Å². The summed E-state index contributed by atoms with van der Waals surface area (Å²) in [5.74, 6) is 1.31. The number of nitro benzene ring substituents is 1. The standard InChI is InChI=1S/C17H19N5O2/c1-12(2)7-10-21-11-8-16(20-21)19-14-5-6-15(22(23)24)13-4-3-9-18-17(13)14/h3-6,8-9,11-12H,7,10H2,1-2H3,(H,19,20). The number of nitrogens with zero attached hydrogens (tertiary/aromatic N) is 4. The van der Waals surface area contributed by atoms with E-state index in [1.807, 2.05) is 16.9 Å². The fourth-order valence-electron chi connectivity index (χ4n) is 2.50. The molecule has 2 aromatic heterocycles. The normalized spacial score (nSPS) is 11.1. The third kappa shape index (κ3) is 3.34. The van der Waals surface area contributed by atoms with Crippen molar-refractivity contribution in [2.45, 2.75) is 26.8 Å². The van der Waals surface area contributed by atoms with Crippen LogP contribution in [0.4, 0.5) is 17.2 Å². The Bertz CT molecular complexity index is 872. The highest BCUT2D eigenvalue weighted by Gasteiger charge is 2.15. The van der Waals surface area contributed by atoms with E-state index in [2.05, 4.69) is 29.2 Å². The Morgan fingerprint density at radius 2 is 2.12 bits per heavy atom. The average molecular weight is 325 g/mol. The van der Waals surface area contributed by atoms with Crippen LogP contribution in [0.25, 0.3) is 10.9 Å². The van der Waals surface area contributed by atoms with Gasteiger partial charge in [0.05, 0.1) is 16.0 Å². The molecule has 0 aliphatic rings. The first kappa shape index (κ1) is 15.9. The molecule has 3 rings (SSSR count). The number of nitrogens with one attached hydrogen (secondary N) is 1. The van der Waals surface area contributed by atoms with Crippen LogP contribution in [-0.4, -0.2) is 19.7 Å². The Morgan fingerprint density at radius 3 is 2.88 bits per heavy atom. The van der Waals surface area contributed by atoms with Crippen LogP contribution in [0, 0.1) is 16.0 Å². The fourth-order valence-corrected chi connectivity index (χ4v) is 2.50. The van der Waals surface area contributed by atoms with Crippen molar-refractivity contribution in [3.05, 3.63) is 52.8 Å². The number of non-ortho nitro benzene ring substituents is 1. The average Bonchev–Trinajstić information content (AvgIpc) is 3.00. The molecular formula is C17H19N5O2. The molecule has 1 N–H and O–H groups in total. The number of hydrogen-bond donors (Lipinski definition) is 1. The van der Waals surface area contributed by atoms with Gasteiger partial charge in [0.15, 0.2) is 5.82 Å². The van der Waals surface area contributed by atoms with Gasteiger partial charge in [-0.3, -0.25) is 19.8 Å². The molecule has 0 bridgehead atoms. The topological polar surface area (TPSA) is 85.9 Å². The van der Waals surface area contributed by atoms with Gasteiger partial charge in [0.2, 0.25) is 0 Å². The zero-order valence-electron chi connectivity index (χ0n) is 13.6. The number of rotatable bonds is 6. The smallest absolute Gasteiger partial charge is 0.278 e. The summed E-state index contributed by atoms with van der Waals surface area (Å²) in [6.45, 7) is 5.22. The first-order valence-corrected chi connectivity index (χ1v) is 7.87. The maximum absolute atomic E-state index is 11.2. The van der Waals surface area contributed by atoms with E-state index in [1.54, 1.807) is 24.4 Å². The lowest BCUT2D eigenvalue weighted by atomic mass is 10.1. The highest BCUT2D eigenvalue weighted by molar-refractivity contribution is 5.97. The molecule has 0 aliphatic heterocycles. The lowest BCUT2D eigenvalue weighted by Gasteiger charge is -2.07. The second-order valence-electron chi connectivity index (χ2n) is 6.06. The van der Waals surface area contributed by atoms with Crippen molar-refractivity contribution in [3.8, 4) is 0 Å². The quantitative estimate of drug-likeness (QED) is 0.544. The van der Waals surface area contributed by atoms with Gasteiger partial charge >= 0.3 is 0 Å². The van der Waals surface area contributed by atoms with Crippen LogP contribution in [0.5, 0.6) is 0 Å². The summed E-state index contributed by atoms with van der Waals surface area (Å²) >= 11 is 0. The number of anilines is 2. The highest BCUT2D eigenvalue weighted by atomic mass is 16.6. The Balaban J connectivity index is 1.88. The van der Waals surface area contributed by atoms with Gasteiger partial charge in [-0.25, -0.2) is 0 Å². The lowest BCUT2D eigenvalue weighted by Crippen LogP contribution is -2.03. The Morgan fingerprint density at radius 1 is 1.29 bits per heavy atom. The van der Waals surface area contributed by atoms with Crippen LogP contribution < -0.4 is 5.32 Å². The van der Waals surface area contributed by atoms with Crippen molar-refractivity contribution >= 4 is 28.1 Å². The van der Waals surface area contributed by atoms with Crippen LogP contribution >= 0.6 is 0 Å². The van der Waals surface area contributed by atoms with Crippen molar-refractivity contribution in [3.63, 3.8) is 0 Å². The summed E-state index contributed by atoms with van der Waals surface area (Å²) in [4.78, 5) is 15.0. The summed E-state index contributed by atoms with van der Waals surface area (Å²) in [5.41, 5.74) is 1.31. The molecule has 0 aliphatic carbocycles. The van der Waals surface area contributed by atoms with E-state index in [4.69, 9.17) is 0 Å². The van der Waals surface area contributed by atoms with Crippen molar-refractivity contribution < 1.29 is 4.92 Å². The van der Waals surface area contributed by atoms with Crippen LogP contribution in [0.1, 0.15) is 20.3 Å². The van der Waals surface area contributed by atoms with Gasteiger partial charge in [0.1, 0.15) is 5.52 Å². The Kier molecular flexibility index (Phi) is 4.41. The second-order valence-corrected chi connectivity index (χ2v) is 6.06. The highest BCUT2D eigenvalue weighted by Crippen LogP contribution is 2.31. The van der Waals surface area contributed by atoms with Gasteiger partial charge in [-0.05, 0) is 30.5 Å². The molecule has 7 nitrogen and oxygen atoms in total. The van der Waals surface area contributed by atoms with E-state index in [0.717, 1.165) is 13.0 Å². The predicted octanol–water partition coefficient (Wildman–Crippen LogP) is 4.13. The lowest BCUT2D eigenvalue weighted by molar-refractivity contribution is -0.383. The van der Waals surface area contributed by atoms with E-state index in [9.17, 15) is 10.1 Å². The third-order valence-electron chi connectivity index (χ3n) is 3.78. The van der Waals surface area contributed by atoms with Gasteiger partial charge < -0.3 is 5.32 Å². The van der Waals surface area contributed by atoms with Gasteiger partial charge in [0, 0.05) is 31.1 Å². The molecule has 0 atom stereocenters. The minimum atomic E-state index is -0.394. The molecule has 0 saturated heterocycles. The van der Waals surface area contributed by atoms with Crippen LogP contribution in [0.15, 0.2) is 42.7 Å². The minimum Gasteiger partial charge on any atom is -0.337 e. The van der Waals surface area contributed by atoms with Gasteiger partial charge in [0.25, 0.3) is 5.69 Å². The number of aromatic nitrogens is 3. The molecule has 0 spiro atoms. The number of hydrogen-bond acceptors (Lipinski definition) is 5. The molecule has 0 unspecified atom stereocenters. The van der Waals surface area contributed by atoms with Crippen LogP contribution in [0.2, 0.25) is 0 Å². The predicted molar refractivity (Wildman–Crippen MR) is 93.4 cm³/mol. The van der Waals surface area contributed by atoms with E-state index in [1.165, 1.54) is 6.07 Å². The number of fused-ring (bicyclic) bond motifs is 1. The Labute approximate surface area is 139 Å². The van der Waals surface area contributed by atoms with Crippen molar-refractivity contribution in [1.82, 2.24) is 14.8 Å². The molecule has 24 heavy (non-hydrogen) atoms. The molecular weight excluding hydrogens is 306 g/mol. The molecule has 1 aromatic carbocycles. The fraction of sp³-hybridized carbons (Fsp3) is 0.294. The summed E-state index contributed by atoms with van der Waals surface area (Å²) in [7, 11) is 0. The molecule has 0 fully saturated rings.